The maximum Gasteiger partial charge on any atom is 0.308 e. The number of aryl methyl sites for hydroxylation is 1. The summed E-state index contributed by atoms with van der Waals surface area (Å²) < 4.78 is 0. The van der Waals surface area contributed by atoms with Crippen molar-refractivity contribution in [2.75, 3.05) is 13.6 Å². The van der Waals surface area contributed by atoms with Gasteiger partial charge in [0.15, 0.2) is 0 Å². The van der Waals surface area contributed by atoms with E-state index >= 15 is 0 Å². The molecule has 0 aliphatic rings. The fraction of sp³-hybridized carbons (Fsp3) is 0.312. The van der Waals surface area contributed by atoms with Crippen molar-refractivity contribution in [2.45, 2.75) is 13.8 Å². The van der Waals surface area contributed by atoms with Crippen molar-refractivity contribution in [2.24, 2.45) is 5.92 Å². The minimum Gasteiger partial charge on any atom is -0.481 e. The van der Waals surface area contributed by atoms with Crippen LogP contribution in [-0.4, -0.2) is 40.5 Å². The zero-order valence-corrected chi connectivity index (χ0v) is 13.6. The summed E-state index contributed by atoms with van der Waals surface area (Å²) in [6.45, 7) is 3.54. The van der Waals surface area contributed by atoms with Crippen LogP contribution < -0.4 is 0 Å². The number of amides is 1. The highest BCUT2D eigenvalue weighted by molar-refractivity contribution is 7.13. The number of rotatable bonds is 5. The van der Waals surface area contributed by atoms with Crippen LogP contribution >= 0.6 is 11.3 Å². The Kier molecular flexibility index (Phi) is 4.92. The topological polar surface area (TPSA) is 70.5 Å². The number of carbonyl (C=O) groups is 2. The number of aromatic nitrogens is 1. The van der Waals surface area contributed by atoms with Crippen molar-refractivity contribution in [3.8, 4) is 10.6 Å². The molecule has 5 nitrogen and oxygen atoms in total. The third kappa shape index (κ3) is 3.51. The summed E-state index contributed by atoms with van der Waals surface area (Å²) in [6, 6.07) is 7.51. The molecule has 0 aromatic carbocycles. The zero-order valence-electron chi connectivity index (χ0n) is 12.7. The number of nitrogens with zero attached hydrogens (tertiary/aromatic N) is 2. The Morgan fingerprint density at radius 2 is 2.09 bits per heavy atom. The van der Waals surface area contributed by atoms with Gasteiger partial charge in [0.25, 0.3) is 5.91 Å². The van der Waals surface area contributed by atoms with Crippen LogP contribution in [-0.2, 0) is 4.79 Å². The molecule has 116 valence electrons. The molecule has 0 saturated heterocycles. The van der Waals surface area contributed by atoms with Crippen LogP contribution in [0.4, 0.5) is 0 Å². The summed E-state index contributed by atoms with van der Waals surface area (Å²) >= 11 is 1.59. The van der Waals surface area contributed by atoms with Gasteiger partial charge in [-0.25, -0.2) is 0 Å². The van der Waals surface area contributed by atoms with Gasteiger partial charge in [0, 0.05) is 13.6 Å². The number of carboxylic acids is 1. The Morgan fingerprint density at radius 3 is 2.64 bits per heavy atom. The molecule has 1 unspecified atom stereocenters. The molecule has 22 heavy (non-hydrogen) atoms. The maximum atomic E-state index is 12.4. The van der Waals surface area contributed by atoms with Gasteiger partial charge in [-0.1, -0.05) is 13.0 Å². The summed E-state index contributed by atoms with van der Waals surface area (Å²) in [5.41, 5.74) is 1.98. The normalized spacial score (nSPS) is 12.0. The van der Waals surface area contributed by atoms with E-state index in [9.17, 15) is 9.59 Å². The van der Waals surface area contributed by atoms with Gasteiger partial charge in [0.1, 0.15) is 0 Å². The Balaban J connectivity index is 2.18. The molecule has 6 heteroatoms. The first kappa shape index (κ1) is 16.2. The van der Waals surface area contributed by atoms with Crippen LogP contribution in [0.3, 0.4) is 0 Å². The van der Waals surface area contributed by atoms with E-state index in [1.54, 1.807) is 38.3 Å². The lowest BCUT2D eigenvalue weighted by Crippen LogP contribution is -2.34. The fourth-order valence-electron chi connectivity index (χ4n) is 2.13. The largest absolute Gasteiger partial charge is 0.481 e. The molecular formula is C16H18N2O3S. The Morgan fingerprint density at radius 1 is 1.36 bits per heavy atom. The van der Waals surface area contributed by atoms with Crippen molar-refractivity contribution in [1.82, 2.24) is 9.88 Å². The van der Waals surface area contributed by atoms with Crippen molar-refractivity contribution in [1.29, 1.82) is 0 Å². The smallest absolute Gasteiger partial charge is 0.308 e. The zero-order chi connectivity index (χ0) is 16.3. The molecule has 2 aromatic heterocycles. The second kappa shape index (κ2) is 6.70. The average Bonchev–Trinajstić information content (AvgIpc) is 3.00. The molecule has 0 saturated carbocycles. The number of thiophene rings is 1. The van der Waals surface area contributed by atoms with Gasteiger partial charge in [0.05, 0.1) is 27.7 Å². The van der Waals surface area contributed by atoms with E-state index in [0.29, 0.717) is 11.3 Å². The molecule has 0 aliphatic carbocycles. The third-order valence-corrected chi connectivity index (χ3v) is 4.30. The predicted molar refractivity (Wildman–Crippen MR) is 86.0 cm³/mol. The molecule has 1 atom stereocenters. The lowest BCUT2D eigenvalue weighted by Gasteiger charge is -2.20. The minimum atomic E-state index is -0.914. The molecular weight excluding hydrogens is 300 g/mol. The van der Waals surface area contributed by atoms with Crippen LogP contribution in [0.1, 0.15) is 23.0 Å². The van der Waals surface area contributed by atoms with E-state index in [4.69, 9.17) is 5.11 Å². The third-order valence-electron chi connectivity index (χ3n) is 3.41. The van der Waals surface area contributed by atoms with Gasteiger partial charge in [0.2, 0.25) is 0 Å². The predicted octanol–water partition coefficient (Wildman–Crippen LogP) is 2.91. The molecule has 2 heterocycles. The van der Waals surface area contributed by atoms with Crippen LogP contribution in [0.5, 0.6) is 0 Å². The SMILES string of the molecule is Cc1nc(-c2cccs2)ccc1C(=O)N(C)CC(C)C(=O)O. The Hall–Kier alpha value is -2.21. The van der Waals surface area contributed by atoms with Crippen LogP contribution in [0.25, 0.3) is 10.6 Å². The lowest BCUT2D eigenvalue weighted by molar-refractivity contribution is -0.141. The first-order chi connectivity index (χ1) is 10.4. The second-order valence-corrected chi connectivity index (χ2v) is 6.18. The molecule has 2 rings (SSSR count). The maximum absolute atomic E-state index is 12.4. The molecule has 0 bridgehead atoms. The molecule has 0 aliphatic heterocycles. The summed E-state index contributed by atoms with van der Waals surface area (Å²) in [4.78, 5) is 30.3. The number of aliphatic carboxylic acids is 1. The van der Waals surface area contributed by atoms with Crippen LogP contribution in [0.15, 0.2) is 29.6 Å². The van der Waals surface area contributed by atoms with Gasteiger partial charge >= 0.3 is 5.97 Å². The van der Waals surface area contributed by atoms with Gasteiger partial charge in [-0.15, -0.1) is 11.3 Å². The minimum absolute atomic E-state index is 0.167. The van der Waals surface area contributed by atoms with E-state index in [0.717, 1.165) is 10.6 Å². The number of pyridine rings is 1. The summed E-state index contributed by atoms with van der Waals surface area (Å²) in [5, 5.41) is 10.9. The molecule has 0 spiro atoms. The number of hydrogen-bond acceptors (Lipinski definition) is 4. The van der Waals surface area contributed by atoms with Crippen molar-refractivity contribution in [3.63, 3.8) is 0 Å². The molecule has 1 N–H and O–H groups in total. The quantitative estimate of drug-likeness (QED) is 0.920. The van der Waals surface area contributed by atoms with Crippen molar-refractivity contribution in [3.05, 3.63) is 40.9 Å². The summed E-state index contributed by atoms with van der Waals surface area (Å²) in [6.07, 6.45) is 0. The van der Waals surface area contributed by atoms with Gasteiger partial charge in [-0.2, -0.15) is 0 Å². The highest BCUT2D eigenvalue weighted by Gasteiger charge is 2.20. The average molecular weight is 318 g/mol. The second-order valence-electron chi connectivity index (χ2n) is 5.23. The van der Waals surface area contributed by atoms with Crippen molar-refractivity contribution >= 4 is 23.2 Å². The first-order valence-electron chi connectivity index (χ1n) is 6.90. The van der Waals surface area contributed by atoms with E-state index in [2.05, 4.69) is 4.98 Å². The fourth-order valence-corrected chi connectivity index (χ4v) is 2.82. The summed E-state index contributed by atoms with van der Waals surface area (Å²) in [5.74, 6) is -1.73. The van der Waals surface area contributed by atoms with Crippen LogP contribution in [0.2, 0.25) is 0 Å². The van der Waals surface area contributed by atoms with E-state index in [1.807, 2.05) is 23.6 Å². The first-order valence-corrected chi connectivity index (χ1v) is 7.78. The standard InChI is InChI=1S/C16H18N2O3S/c1-10(16(20)21)9-18(3)15(19)12-6-7-13(17-11(12)2)14-5-4-8-22-14/h4-8,10H,9H2,1-3H3,(H,20,21). The monoisotopic (exact) mass is 318 g/mol. The van der Waals surface area contributed by atoms with Gasteiger partial charge in [-0.05, 0) is 30.5 Å². The van der Waals surface area contributed by atoms with Crippen LogP contribution in [0, 0.1) is 12.8 Å². The number of hydrogen-bond donors (Lipinski definition) is 1. The molecule has 1 amide bonds. The Labute approximate surface area is 133 Å². The molecule has 0 radical (unpaired) electrons. The number of carbonyl (C=O) groups excluding carboxylic acids is 1. The lowest BCUT2D eigenvalue weighted by atomic mass is 10.1. The van der Waals surface area contributed by atoms with Gasteiger partial charge < -0.3 is 10.0 Å². The van der Waals surface area contributed by atoms with Crippen molar-refractivity contribution < 1.29 is 14.7 Å². The Bertz CT molecular complexity index is 683. The molecule has 0 fully saturated rings. The van der Waals surface area contributed by atoms with E-state index in [-0.39, 0.29) is 12.5 Å². The molecule has 2 aromatic rings. The number of carboxylic acid groups (broad SMARTS) is 1. The van der Waals surface area contributed by atoms with Gasteiger partial charge in [-0.3, -0.25) is 14.6 Å². The highest BCUT2D eigenvalue weighted by Crippen LogP contribution is 2.24. The van der Waals surface area contributed by atoms with E-state index < -0.39 is 11.9 Å². The highest BCUT2D eigenvalue weighted by atomic mass is 32.1. The summed E-state index contributed by atoms with van der Waals surface area (Å²) in [7, 11) is 1.61. The van der Waals surface area contributed by atoms with E-state index in [1.165, 1.54) is 4.90 Å².